The SMILES string of the molecule is Nc1ccc(Oc2ccccc2-c2ccnc(N)n2)cc1. The fourth-order valence-electron chi connectivity index (χ4n) is 1.95. The zero-order valence-corrected chi connectivity index (χ0v) is 11.2. The second kappa shape index (κ2) is 5.50. The van der Waals surface area contributed by atoms with Gasteiger partial charge in [0.2, 0.25) is 5.95 Å². The third-order valence-corrected chi connectivity index (χ3v) is 2.95. The van der Waals surface area contributed by atoms with Gasteiger partial charge in [0, 0.05) is 17.4 Å². The summed E-state index contributed by atoms with van der Waals surface area (Å²) < 4.78 is 5.90. The van der Waals surface area contributed by atoms with Gasteiger partial charge in [-0.25, -0.2) is 9.97 Å². The molecule has 3 rings (SSSR count). The van der Waals surface area contributed by atoms with Gasteiger partial charge in [0.25, 0.3) is 0 Å². The first-order valence-electron chi connectivity index (χ1n) is 6.44. The van der Waals surface area contributed by atoms with Gasteiger partial charge in [-0.15, -0.1) is 0 Å². The molecule has 0 aliphatic heterocycles. The van der Waals surface area contributed by atoms with Crippen LogP contribution in [0.5, 0.6) is 11.5 Å². The molecule has 0 unspecified atom stereocenters. The van der Waals surface area contributed by atoms with E-state index in [1.807, 2.05) is 36.4 Å². The average molecular weight is 278 g/mol. The van der Waals surface area contributed by atoms with E-state index in [-0.39, 0.29) is 5.95 Å². The number of nitrogens with two attached hydrogens (primary N) is 2. The number of para-hydroxylation sites is 1. The van der Waals surface area contributed by atoms with E-state index in [2.05, 4.69) is 9.97 Å². The zero-order chi connectivity index (χ0) is 14.7. The topological polar surface area (TPSA) is 87.0 Å². The minimum absolute atomic E-state index is 0.231. The van der Waals surface area contributed by atoms with Crippen LogP contribution < -0.4 is 16.2 Å². The first-order valence-corrected chi connectivity index (χ1v) is 6.44. The van der Waals surface area contributed by atoms with E-state index in [1.165, 1.54) is 0 Å². The lowest BCUT2D eigenvalue weighted by molar-refractivity contribution is 0.484. The van der Waals surface area contributed by atoms with E-state index in [1.54, 1.807) is 24.4 Å². The third kappa shape index (κ3) is 2.92. The Labute approximate surface area is 122 Å². The quantitative estimate of drug-likeness (QED) is 0.719. The van der Waals surface area contributed by atoms with Crippen LogP contribution in [0.4, 0.5) is 11.6 Å². The van der Waals surface area contributed by atoms with Gasteiger partial charge >= 0.3 is 0 Å². The Balaban J connectivity index is 1.98. The molecule has 0 saturated heterocycles. The second-order valence-corrected chi connectivity index (χ2v) is 4.47. The highest BCUT2D eigenvalue weighted by molar-refractivity contribution is 5.68. The van der Waals surface area contributed by atoms with E-state index in [4.69, 9.17) is 16.2 Å². The number of nitrogen functional groups attached to an aromatic ring is 2. The number of nitrogens with zero attached hydrogens (tertiary/aromatic N) is 2. The fraction of sp³-hybridized carbons (Fsp3) is 0. The molecule has 2 aromatic carbocycles. The Bertz CT molecular complexity index is 756. The van der Waals surface area contributed by atoms with Crippen LogP contribution in [0.2, 0.25) is 0 Å². The molecule has 104 valence electrons. The number of hydrogen-bond acceptors (Lipinski definition) is 5. The summed E-state index contributed by atoms with van der Waals surface area (Å²) in [6.45, 7) is 0. The minimum Gasteiger partial charge on any atom is -0.457 e. The molecule has 0 amide bonds. The van der Waals surface area contributed by atoms with Crippen molar-refractivity contribution in [1.82, 2.24) is 9.97 Å². The summed E-state index contributed by atoms with van der Waals surface area (Å²) in [5.41, 5.74) is 13.6. The first kappa shape index (κ1) is 12.9. The van der Waals surface area contributed by atoms with Gasteiger partial charge in [-0.05, 0) is 42.5 Å². The van der Waals surface area contributed by atoms with E-state index in [9.17, 15) is 0 Å². The van der Waals surface area contributed by atoms with Crippen molar-refractivity contribution in [2.24, 2.45) is 0 Å². The van der Waals surface area contributed by atoms with E-state index in [0.29, 0.717) is 22.9 Å². The van der Waals surface area contributed by atoms with Gasteiger partial charge in [0.05, 0.1) is 5.69 Å². The molecule has 0 saturated carbocycles. The van der Waals surface area contributed by atoms with E-state index >= 15 is 0 Å². The molecule has 0 atom stereocenters. The van der Waals surface area contributed by atoms with Crippen LogP contribution in [0, 0.1) is 0 Å². The number of aromatic nitrogens is 2. The van der Waals surface area contributed by atoms with Crippen LogP contribution in [0.1, 0.15) is 0 Å². The Kier molecular flexibility index (Phi) is 3.39. The van der Waals surface area contributed by atoms with Crippen LogP contribution in [0.25, 0.3) is 11.3 Å². The summed E-state index contributed by atoms with van der Waals surface area (Å²) in [5.74, 6) is 1.63. The molecule has 1 heterocycles. The van der Waals surface area contributed by atoms with Gasteiger partial charge in [-0.1, -0.05) is 12.1 Å². The molecule has 0 aliphatic carbocycles. The molecular formula is C16H14N4O. The number of rotatable bonds is 3. The van der Waals surface area contributed by atoms with Crippen molar-refractivity contribution in [1.29, 1.82) is 0 Å². The molecule has 0 radical (unpaired) electrons. The molecule has 3 aromatic rings. The Hall–Kier alpha value is -3.08. The normalized spacial score (nSPS) is 10.3. The van der Waals surface area contributed by atoms with Crippen molar-refractivity contribution in [3.8, 4) is 22.8 Å². The molecule has 5 nitrogen and oxygen atoms in total. The lowest BCUT2D eigenvalue weighted by Crippen LogP contribution is -1.96. The molecule has 4 N–H and O–H groups in total. The summed E-state index contributed by atoms with van der Waals surface area (Å²) in [4.78, 5) is 8.13. The summed E-state index contributed by atoms with van der Waals surface area (Å²) in [6, 6.07) is 16.6. The van der Waals surface area contributed by atoms with Crippen LogP contribution in [0.15, 0.2) is 60.8 Å². The summed E-state index contributed by atoms with van der Waals surface area (Å²) in [5, 5.41) is 0. The zero-order valence-electron chi connectivity index (χ0n) is 11.2. The van der Waals surface area contributed by atoms with Crippen molar-refractivity contribution < 1.29 is 4.74 Å². The van der Waals surface area contributed by atoms with Crippen LogP contribution >= 0.6 is 0 Å². The average Bonchev–Trinajstić information content (AvgIpc) is 2.50. The monoisotopic (exact) mass is 278 g/mol. The summed E-state index contributed by atoms with van der Waals surface area (Å²) in [7, 11) is 0. The summed E-state index contributed by atoms with van der Waals surface area (Å²) in [6.07, 6.45) is 1.62. The second-order valence-electron chi connectivity index (χ2n) is 4.47. The van der Waals surface area contributed by atoms with Crippen molar-refractivity contribution in [3.63, 3.8) is 0 Å². The third-order valence-electron chi connectivity index (χ3n) is 2.95. The molecule has 0 spiro atoms. The molecule has 5 heteroatoms. The maximum Gasteiger partial charge on any atom is 0.220 e. The van der Waals surface area contributed by atoms with Crippen molar-refractivity contribution in [3.05, 3.63) is 60.8 Å². The predicted octanol–water partition coefficient (Wildman–Crippen LogP) is 3.10. The molecule has 0 aliphatic rings. The van der Waals surface area contributed by atoms with E-state index in [0.717, 1.165) is 5.56 Å². The lowest BCUT2D eigenvalue weighted by atomic mass is 10.1. The number of anilines is 2. The number of benzene rings is 2. The maximum absolute atomic E-state index is 5.90. The van der Waals surface area contributed by atoms with Gasteiger partial charge in [0.15, 0.2) is 0 Å². The number of hydrogen-bond donors (Lipinski definition) is 2. The van der Waals surface area contributed by atoms with Crippen molar-refractivity contribution >= 4 is 11.6 Å². The van der Waals surface area contributed by atoms with Gasteiger partial charge in [-0.3, -0.25) is 0 Å². The van der Waals surface area contributed by atoms with Crippen molar-refractivity contribution in [2.45, 2.75) is 0 Å². The van der Waals surface area contributed by atoms with Gasteiger partial charge < -0.3 is 16.2 Å². The van der Waals surface area contributed by atoms with Gasteiger partial charge in [0.1, 0.15) is 11.5 Å². The van der Waals surface area contributed by atoms with Crippen LogP contribution in [0.3, 0.4) is 0 Å². The highest BCUT2D eigenvalue weighted by Gasteiger charge is 2.08. The maximum atomic E-state index is 5.90. The first-order chi connectivity index (χ1) is 10.2. The predicted molar refractivity (Wildman–Crippen MR) is 82.8 cm³/mol. The molecule has 21 heavy (non-hydrogen) atoms. The summed E-state index contributed by atoms with van der Waals surface area (Å²) >= 11 is 0. The largest absolute Gasteiger partial charge is 0.457 e. The fourth-order valence-corrected chi connectivity index (χ4v) is 1.95. The molecular weight excluding hydrogens is 264 g/mol. The molecule has 1 aromatic heterocycles. The smallest absolute Gasteiger partial charge is 0.220 e. The lowest BCUT2D eigenvalue weighted by Gasteiger charge is -2.11. The minimum atomic E-state index is 0.231. The van der Waals surface area contributed by atoms with Crippen molar-refractivity contribution in [2.75, 3.05) is 11.5 Å². The van der Waals surface area contributed by atoms with Crippen LogP contribution in [-0.4, -0.2) is 9.97 Å². The highest BCUT2D eigenvalue weighted by Crippen LogP contribution is 2.32. The van der Waals surface area contributed by atoms with E-state index < -0.39 is 0 Å². The molecule has 0 bridgehead atoms. The molecule has 0 fully saturated rings. The Morgan fingerprint density at radius 1 is 0.857 bits per heavy atom. The van der Waals surface area contributed by atoms with Crippen LogP contribution in [-0.2, 0) is 0 Å². The highest BCUT2D eigenvalue weighted by atomic mass is 16.5. The van der Waals surface area contributed by atoms with Gasteiger partial charge in [-0.2, -0.15) is 0 Å². The number of ether oxygens (including phenoxy) is 1. The Morgan fingerprint density at radius 3 is 2.38 bits per heavy atom. The standard InChI is InChI=1S/C16H14N4O/c17-11-5-7-12(8-6-11)21-15-4-2-1-3-13(15)14-9-10-19-16(18)20-14/h1-10H,17H2,(H2,18,19,20). The Morgan fingerprint density at radius 2 is 1.62 bits per heavy atom.